The zero-order valence-corrected chi connectivity index (χ0v) is 11.3. The monoisotopic (exact) mass is 252 g/mol. The van der Waals surface area contributed by atoms with E-state index in [9.17, 15) is 0 Å². The van der Waals surface area contributed by atoms with Gasteiger partial charge in [-0.1, -0.05) is 43.5 Å². The number of hydrazine groups is 1. The van der Waals surface area contributed by atoms with Crippen LogP contribution in [0.4, 0.5) is 0 Å². The first-order valence-corrected chi connectivity index (χ1v) is 6.67. The SMILES string of the molecule is Cc1ccc(C(NN)C2(C)CCCC2)cc1Cl. The standard InChI is InChI=1S/C14H21ClN2/c1-10-5-6-11(9-12(10)15)13(17-16)14(2)7-3-4-8-14/h5-6,9,13,17H,3-4,7-8,16H2,1-2H3. The van der Waals surface area contributed by atoms with Gasteiger partial charge in [0.1, 0.15) is 0 Å². The Morgan fingerprint density at radius 2 is 2.00 bits per heavy atom. The summed E-state index contributed by atoms with van der Waals surface area (Å²) in [7, 11) is 0. The van der Waals surface area contributed by atoms with Crippen LogP contribution in [-0.4, -0.2) is 0 Å². The molecule has 0 saturated heterocycles. The molecule has 1 aromatic rings. The number of hydrogen-bond acceptors (Lipinski definition) is 2. The van der Waals surface area contributed by atoms with E-state index in [0.717, 1.165) is 10.6 Å². The van der Waals surface area contributed by atoms with Crippen LogP contribution in [0.15, 0.2) is 18.2 Å². The Bertz CT molecular complexity index is 397. The van der Waals surface area contributed by atoms with Crippen LogP contribution in [0.2, 0.25) is 5.02 Å². The van der Waals surface area contributed by atoms with Crippen molar-refractivity contribution < 1.29 is 0 Å². The topological polar surface area (TPSA) is 38.0 Å². The Morgan fingerprint density at radius 1 is 1.35 bits per heavy atom. The summed E-state index contributed by atoms with van der Waals surface area (Å²) in [5, 5.41) is 0.823. The van der Waals surface area contributed by atoms with Crippen molar-refractivity contribution in [2.45, 2.75) is 45.6 Å². The van der Waals surface area contributed by atoms with Gasteiger partial charge < -0.3 is 0 Å². The van der Waals surface area contributed by atoms with E-state index in [1.807, 2.05) is 13.0 Å². The normalized spacial score (nSPS) is 20.5. The summed E-state index contributed by atoms with van der Waals surface area (Å²) >= 11 is 6.20. The van der Waals surface area contributed by atoms with Gasteiger partial charge in [-0.2, -0.15) is 0 Å². The van der Waals surface area contributed by atoms with Crippen molar-refractivity contribution in [3.63, 3.8) is 0 Å². The Balaban J connectivity index is 2.31. The molecule has 0 spiro atoms. The van der Waals surface area contributed by atoms with Gasteiger partial charge in [-0.3, -0.25) is 11.3 Å². The minimum atomic E-state index is 0.197. The van der Waals surface area contributed by atoms with Crippen LogP contribution in [0, 0.1) is 12.3 Å². The molecule has 0 heterocycles. The van der Waals surface area contributed by atoms with E-state index >= 15 is 0 Å². The highest BCUT2D eigenvalue weighted by atomic mass is 35.5. The average molecular weight is 253 g/mol. The highest BCUT2D eigenvalue weighted by Crippen LogP contribution is 2.47. The van der Waals surface area contributed by atoms with E-state index in [-0.39, 0.29) is 11.5 Å². The minimum absolute atomic E-state index is 0.197. The fourth-order valence-electron chi connectivity index (χ4n) is 2.96. The van der Waals surface area contributed by atoms with Gasteiger partial charge in [-0.25, -0.2) is 0 Å². The van der Waals surface area contributed by atoms with Crippen molar-refractivity contribution in [1.82, 2.24) is 5.43 Å². The summed E-state index contributed by atoms with van der Waals surface area (Å²) < 4.78 is 0. The third kappa shape index (κ3) is 2.49. The quantitative estimate of drug-likeness (QED) is 0.635. The molecule has 1 saturated carbocycles. The first kappa shape index (κ1) is 12.9. The summed E-state index contributed by atoms with van der Waals surface area (Å²) in [6, 6.07) is 6.45. The molecule has 3 heteroatoms. The fraction of sp³-hybridized carbons (Fsp3) is 0.571. The molecule has 1 aliphatic rings. The Hall–Kier alpha value is -0.570. The van der Waals surface area contributed by atoms with E-state index in [0.29, 0.717) is 0 Å². The van der Waals surface area contributed by atoms with Gasteiger partial charge >= 0.3 is 0 Å². The maximum atomic E-state index is 6.20. The van der Waals surface area contributed by atoms with Crippen molar-refractivity contribution in [2.24, 2.45) is 11.3 Å². The van der Waals surface area contributed by atoms with Gasteiger partial charge in [-0.15, -0.1) is 0 Å². The number of benzene rings is 1. The first-order chi connectivity index (χ1) is 8.07. The lowest BCUT2D eigenvalue weighted by molar-refractivity contribution is 0.225. The first-order valence-electron chi connectivity index (χ1n) is 6.29. The number of nitrogens with one attached hydrogen (secondary N) is 1. The molecule has 0 amide bonds. The maximum absolute atomic E-state index is 6.20. The molecule has 0 bridgehead atoms. The van der Waals surface area contributed by atoms with Gasteiger partial charge in [0.15, 0.2) is 0 Å². The molecule has 0 radical (unpaired) electrons. The molecule has 94 valence electrons. The highest BCUT2D eigenvalue weighted by Gasteiger charge is 2.37. The predicted molar refractivity (Wildman–Crippen MR) is 72.8 cm³/mol. The van der Waals surface area contributed by atoms with Crippen LogP contribution in [0.1, 0.15) is 49.8 Å². The molecule has 2 rings (SSSR count). The molecule has 1 fully saturated rings. The summed E-state index contributed by atoms with van der Waals surface area (Å²) in [6.45, 7) is 4.34. The molecule has 0 aliphatic heterocycles. The van der Waals surface area contributed by atoms with Crippen LogP contribution in [-0.2, 0) is 0 Å². The molecule has 3 N–H and O–H groups in total. The molecule has 1 atom stereocenters. The maximum Gasteiger partial charge on any atom is 0.0514 e. The zero-order valence-electron chi connectivity index (χ0n) is 10.6. The summed E-state index contributed by atoms with van der Waals surface area (Å²) in [4.78, 5) is 0. The summed E-state index contributed by atoms with van der Waals surface area (Å²) in [6.07, 6.45) is 5.06. The van der Waals surface area contributed by atoms with E-state index in [1.54, 1.807) is 0 Å². The van der Waals surface area contributed by atoms with Crippen molar-refractivity contribution in [1.29, 1.82) is 0 Å². The Kier molecular flexibility index (Phi) is 3.76. The largest absolute Gasteiger partial charge is 0.271 e. The van der Waals surface area contributed by atoms with Gasteiger partial charge in [0.05, 0.1) is 6.04 Å². The van der Waals surface area contributed by atoms with Gasteiger partial charge in [0, 0.05) is 5.02 Å². The van der Waals surface area contributed by atoms with Crippen LogP contribution in [0.3, 0.4) is 0 Å². The number of hydrogen-bond donors (Lipinski definition) is 2. The van der Waals surface area contributed by atoms with Crippen LogP contribution < -0.4 is 11.3 Å². The lowest BCUT2D eigenvalue weighted by atomic mass is 9.77. The third-order valence-electron chi connectivity index (χ3n) is 4.14. The van der Waals surface area contributed by atoms with Crippen molar-refractivity contribution in [3.8, 4) is 0 Å². The second-order valence-corrected chi connectivity index (χ2v) is 5.88. The van der Waals surface area contributed by atoms with Crippen molar-refractivity contribution >= 4 is 11.6 Å². The lowest BCUT2D eigenvalue weighted by Crippen LogP contribution is -2.38. The lowest BCUT2D eigenvalue weighted by Gasteiger charge is -2.34. The smallest absolute Gasteiger partial charge is 0.0514 e. The van der Waals surface area contributed by atoms with E-state index in [2.05, 4.69) is 24.5 Å². The average Bonchev–Trinajstić information content (AvgIpc) is 2.72. The number of halogens is 1. The zero-order chi connectivity index (χ0) is 12.5. The molecule has 1 unspecified atom stereocenters. The Morgan fingerprint density at radius 3 is 2.53 bits per heavy atom. The van der Waals surface area contributed by atoms with Gasteiger partial charge in [-0.05, 0) is 42.4 Å². The molecular formula is C14H21ClN2. The molecule has 0 aromatic heterocycles. The van der Waals surface area contributed by atoms with Crippen molar-refractivity contribution in [3.05, 3.63) is 34.3 Å². The summed E-state index contributed by atoms with van der Waals surface area (Å²) in [5.41, 5.74) is 5.56. The van der Waals surface area contributed by atoms with E-state index in [1.165, 1.54) is 31.2 Å². The molecule has 1 aromatic carbocycles. The van der Waals surface area contributed by atoms with Crippen LogP contribution in [0.25, 0.3) is 0 Å². The Labute approximate surface area is 109 Å². The third-order valence-corrected chi connectivity index (χ3v) is 4.55. The second-order valence-electron chi connectivity index (χ2n) is 5.47. The van der Waals surface area contributed by atoms with E-state index in [4.69, 9.17) is 17.4 Å². The summed E-state index contributed by atoms with van der Waals surface area (Å²) in [5.74, 6) is 5.76. The van der Waals surface area contributed by atoms with Crippen molar-refractivity contribution in [2.75, 3.05) is 0 Å². The van der Waals surface area contributed by atoms with E-state index < -0.39 is 0 Å². The number of rotatable bonds is 3. The second kappa shape index (κ2) is 4.97. The molecule has 1 aliphatic carbocycles. The molecular weight excluding hydrogens is 232 g/mol. The fourth-order valence-corrected chi connectivity index (χ4v) is 3.15. The number of nitrogens with two attached hydrogens (primary N) is 1. The molecule has 2 nitrogen and oxygen atoms in total. The van der Waals surface area contributed by atoms with Gasteiger partial charge in [0.2, 0.25) is 0 Å². The van der Waals surface area contributed by atoms with Crippen LogP contribution in [0.5, 0.6) is 0 Å². The van der Waals surface area contributed by atoms with Crippen LogP contribution >= 0.6 is 11.6 Å². The predicted octanol–water partition coefficient (Wildman–Crippen LogP) is 3.73. The van der Waals surface area contributed by atoms with Gasteiger partial charge in [0.25, 0.3) is 0 Å². The highest BCUT2D eigenvalue weighted by molar-refractivity contribution is 6.31. The number of aryl methyl sites for hydroxylation is 1. The minimum Gasteiger partial charge on any atom is -0.271 e. The molecule has 17 heavy (non-hydrogen) atoms.